The summed E-state index contributed by atoms with van der Waals surface area (Å²) < 4.78 is 32.5. The third kappa shape index (κ3) is 36.3. The lowest BCUT2D eigenvalue weighted by molar-refractivity contribution is -0.161. The van der Waals surface area contributed by atoms with Crippen LogP contribution in [0.3, 0.4) is 0 Å². The van der Waals surface area contributed by atoms with E-state index < -0.39 is 51.8 Å². The number of aliphatic hydroxyl groups is 2. The zero-order valence-electron chi connectivity index (χ0n) is 32.1. The fourth-order valence-electron chi connectivity index (χ4n) is 5.18. The summed E-state index contributed by atoms with van der Waals surface area (Å²) in [5, 5.41) is 18.3. The van der Waals surface area contributed by atoms with Crippen molar-refractivity contribution in [1.29, 1.82) is 0 Å². The summed E-state index contributed by atoms with van der Waals surface area (Å²) in [6, 6.07) is 0. The quantitative estimate of drug-likeness (QED) is 0.0243. The van der Waals surface area contributed by atoms with Crippen LogP contribution in [0.2, 0.25) is 0 Å². The number of phosphoric ester groups is 1. The van der Waals surface area contributed by atoms with Gasteiger partial charge < -0.3 is 24.6 Å². The van der Waals surface area contributed by atoms with Gasteiger partial charge in [-0.15, -0.1) is 0 Å². The van der Waals surface area contributed by atoms with Crippen LogP contribution in [0.15, 0.2) is 36.5 Å². The van der Waals surface area contributed by atoms with E-state index in [2.05, 4.69) is 48.8 Å². The lowest BCUT2D eigenvalue weighted by Crippen LogP contribution is -2.29. The molecule has 1 unspecified atom stereocenters. The highest BCUT2D eigenvalue weighted by atomic mass is 31.2. The minimum absolute atomic E-state index is 0.114. The molecule has 0 heterocycles. The molecule has 0 saturated heterocycles. The van der Waals surface area contributed by atoms with Crippen LogP contribution in [0.1, 0.15) is 168 Å². The molecule has 0 aromatic rings. The molecule has 0 rings (SSSR count). The van der Waals surface area contributed by atoms with Crippen LogP contribution in [0.25, 0.3) is 0 Å². The molecule has 51 heavy (non-hydrogen) atoms. The van der Waals surface area contributed by atoms with Gasteiger partial charge in [0, 0.05) is 12.8 Å². The second-order valence-electron chi connectivity index (χ2n) is 13.3. The van der Waals surface area contributed by atoms with E-state index in [-0.39, 0.29) is 19.4 Å². The van der Waals surface area contributed by atoms with Gasteiger partial charge in [-0.05, 0) is 44.9 Å². The van der Waals surface area contributed by atoms with Gasteiger partial charge in [0.2, 0.25) is 0 Å². The third-order valence-electron chi connectivity index (χ3n) is 8.30. The molecular weight excluding hydrogens is 671 g/mol. The van der Waals surface area contributed by atoms with Gasteiger partial charge in [0.25, 0.3) is 0 Å². The van der Waals surface area contributed by atoms with Crippen LogP contribution in [0.5, 0.6) is 0 Å². The summed E-state index contributed by atoms with van der Waals surface area (Å²) in [7, 11) is -4.62. The van der Waals surface area contributed by atoms with Crippen molar-refractivity contribution in [2.75, 3.05) is 26.4 Å². The summed E-state index contributed by atoms with van der Waals surface area (Å²) in [6.45, 7) is 2.30. The number of phosphoric acid groups is 1. The highest BCUT2D eigenvalue weighted by Crippen LogP contribution is 2.43. The zero-order valence-corrected chi connectivity index (χ0v) is 33.0. The van der Waals surface area contributed by atoms with E-state index in [0.717, 1.165) is 38.5 Å². The molecule has 0 amide bonds. The number of aliphatic hydroxyl groups excluding tert-OH is 2. The Morgan fingerprint density at radius 3 is 1.59 bits per heavy atom. The third-order valence-corrected chi connectivity index (χ3v) is 9.25. The highest BCUT2D eigenvalue weighted by molar-refractivity contribution is 7.47. The van der Waals surface area contributed by atoms with Crippen molar-refractivity contribution in [3.05, 3.63) is 36.5 Å². The van der Waals surface area contributed by atoms with Gasteiger partial charge in [-0.1, -0.05) is 147 Å². The van der Waals surface area contributed by atoms with Crippen molar-refractivity contribution in [3.8, 4) is 0 Å². The first-order valence-corrected chi connectivity index (χ1v) is 21.4. The summed E-state index contributed by atoms with van der Waals surface area (Å²) in [5.74, 6) is -0.986. The van der Waals surface area contributed by atoms with Gasteiger partial charge >= 0.3 is 19.8 Å². The van der Waals surface area contributed by atoms with Gasteiger partial charge in [0.1, 0.15) is 12.7 Å². The van der Waals surface area contributed by atoms with Crippen LogP contribution in [-0.4, -0.2) is 65.7 Å². The number of hydrogen-bond acceptors (Lipinski definition) is 9. The predicted octanol–water partition coefficient (Wildman–Crippen LogP) is 10.00. The second-order valence-corrected chi connectivity index (χ2v) is 14.8. The number of rotatable bonds is 37. The first kappa shape index (κ1) is 49.2. The number of allylic oxidation sites excluding steroid dienone is 6. The Morgan fingerprint density at radius 1 is 0.588 bits per heavy atom. The number of carbonyl (C=O) groups is 2. The highest BCUT2D eigenvalue weighted by Gasteiger charge is 2.27. The fourth-order valence-corrected chi connectivity index (χ4v) is 5.97. The summed E-state index contributed by atoms with van der Waals surface area (Å²) >= 11 is 0. The number of carbonyl (C=O) groups excluding carboxylic acids is 2. The minimum atomic E-state index is -4.62. The van der Waals surface area contributed by atoms with Crippen molar-refractivity contribution >= 4 is 19.8 Å². The molecule has 0 spiro atoms. The summed E-state index contributed by atoms with van der Waals surface area (Å²) in [4.78, 5) is 34.8. The standard InChI is InChI=1S/C40H73O10P/c1-3-5-7-9-11-13-15-16-17-18-19-20-22-24-26-28-30-32-40(44)50-38(36-49-51(45,46)48-34-37(42)33-41)35-47-39(43)31-29-27-25-23-21-14-12-10-8-6-4-2/h16-17,19-20,24,26,37-38,41-42H,3-15,18,21-23,25,27-36H2,1-2H3,(H,45,46)/b17-16+,20-19+,26-24+/t37-,38+/m0/s1. The molecule has 3 atom stereocenters. The summed E-state index contributed by atoms with van der Waals surface area (Å²) in [5.41, 5.74) is 0. The first-order valence-electron chi connectivity index (χ1n) is 19.9. The average Bonchev–Trinajstić information content (AvgIpc) is 3.12. The Labute approximate surface area is 310 Å². The number of hydrogen-bond donors (Lipinski definition) is 3. The molecular formula is C40H73O10P. The van der Waals surface area contributed by atoms with Crippen LogP contribution in [0, 0.1) is 0 Å². The molecule has 0 aliphatic rings. The normalized spacial score (nSPS) is 14.4. The van der Waals surface area contributed by atoms with E-state index in [9.17, 15) is 24.2 Å². The largest absolute Gasteiger partial charge is 0.472 e. The molecule has 0 aliphatic carbocycles. The Balaban J connectivity index is 4.43. The van der Waals surface area contributed by atoms with E-state index in [1.54, 1.807) is 0 Å². The molecule has 0 aromatic heterocycles. The SMILES string of the molecule is CCCCCCCC/C=C/C/C=C/C/C=C/CCCC(=O)O[C@H](COC(=O)CCCCCCCCCCCCC)COP(=O)(O)OC[C@@H](O)CO. The Kier molecular flexibility index (Phi) is 35.2. The molecule has 3 N–H and O–H groups in total. The van der Waals surface area contributed by atoms with E-state index in [0.29, 0.717) is 19.3 Å². The number of unbranched alkanes of at least 4 members (excludes halogenated alkanes) is 17. The lowest BCUT2D eigenvalue weighted by atomic mass is 10.1. The molecule has 0 saturated carbocycles. The Morgan fingerprint density at radius 2 is 1.04 bits per heavy atom. The van der Waals surface area contributed by atoms with Crippen molar-refractivity contribution in [2.45, 2.75) is 180 Å². The first-order chi connectivity index (χ1) is 24.7. The van der Waals surface area contributed by atoms with Crippen LogP contribution in [0.4, 0.5) is 0 Å². The van der Waals surface area contributed by atoms with Crippen molar-refractivity contribution < 1.29 is 47.8 Å². The molecule has 0 bridgehead atoms. The molecule has 0 fully saturated rings. The molecule has 298 valence electrons. The molecule has 0 aromatic carbocycles. The van der Waals surface area contributed by atoms with E-state index in [1.165, 1.54) is 83.5 Å². The molecule has 0 aliphatic heterocycles. The smallest absolute Gasteiger partial charge is 0.462 e. The molecule has 10 nitrogen and oxygen atoms in total. The van der Waals surface area contributed by atoms with E-state index in [1.807, 2.05) is 6.08 Å². The average molecular weight is 745 g/mol. The fraction of sp³-hybridized carbons (Fsp3) is 0.800. The Bertz CT molecular complexity index is 952. The maximum atomic E-state index is 12.5. The second kappa shape index (κ2) is 36.5. The van der Waals surface area contributed by atoms with Crippen molar-refractivity contribution in [1.82, 2.24) is 0 Å². The maximum Gasteiger partial charge on any atom is 0.472 e. The van der Waals surface area contributed by atoms with Gasteiger partial charge in [0.15, 0.2) is 6.10 Å². The van der Waals surface area contributed by atoms with Gasteiger partial charge in [-0.3, -0.25) is 18.6 Å². The van der Waals surface area contributed by atoms with E-state index >= 15 is 0 Å². The van der Waals surface area contributed by atoms with Crippen LogP contribution in [-0.2, 0) is 32.7 Å². The van der Waals surface area contributed by atoms with Gasteiger partial charge in [-0.25, -0.2) is 4.57 Å². The lowest BCUT2D eigenvalue weighted by Gasteiger charge is -2.20. The Hall–Kier alpha value is -1.81. The van der Waals surface area contributed by atoms with Gasteiger partial charge in [0.05, 0.1) is 19.8 Å². The topological polar surface area (TPSA) is 149 Å². The molecule has 11 heteroatoms. The summed E-state index contributed by atoms with van der Waals surface area (Å²) in [6.07, 6.45) is 35.5. The maximum absolute atomic E-state index is 12.5. The van der Waals surface area contributed by atoms with Crippen molar-refractivity contribution in [3.63, 3.8) is 0 Å². The monoisotopic (exact) mass is 744 g/mol. The van der Waals surface area contributed by atoms with Crippen LogP contribution < -0.4 is 0 Å². The van der Waals surface area contributed by atoms with Gasteiger partial charge in [-0.2, -0.15) is 0 Å². The van der Waals surface area contributed by atoms with E-state index in [4.69, 9.17) is 19.1 Å². The van der Waals surface area contributed by atoms with Crippen LogP contribution >= 0.6 is 7.82 Å². The minimum Gasteiger partial charge on any atom is -0.462 e. The molecule has 0 radical (unpaired) electrons. The number of ether oxygens (including phenoxy) is 2. The van der Waals surface area contributed by atoms with Crippen molar-refractivity contribution in [2.24, 2.45) is 0 Å². The number of esters is 2. The predicted molar refractivity (Wildman–Crippen MR) is 205 cm³/mol. The zero-order chi connectivity index (χ0) is 37.7.